The highest BCUT2D eigenvalue weighted by atomic mass is 16.6. The van der Waals surface area contributed by atoms with Crippen molar-refractivity contribution in [1.29, 1.82) is 0 Å². The number of aromatic nitrogens is 1. The average molecular weight is 362 g/mol. The van der Waals surface area contributed by atoms with Crippen molar-refractivity contribution in [2.24, 2.45) is 11.3 Å². The number of hydrogen-bond acceptors (Lipinski definition) is 4. The maximum atomic E-state index is 12.6. The SMILES string of the molecule is CC(C)(C)OC(=O)NCC1(C(=Cc2ccc[nH]2)C(=O)NN)CCCCC1. The lowest BCUT2D eigenvalue weighted by atomic mass is 9.68. The lowest BCUT2D eigenvalue weighted by Gasteiger charge is -2.39. The molecule has 2 amide bonds. The van der Waals surface area contributed by atoms with Crippen molar-refractivity contribution in [3.8, 4) is 0 Å². The summed E-state index contributed by atoms with van der Waals surface area (Å²) in [5.74, 6) is 5.12. The van der Waals surface area contributed by atoms with Crippen LogP contribution in [0.2, 0.25) is 0 Å². The second-order valence-corrected chi connectivity index (χ2v) is 7.85. The molecule has 5 N–H and O–H groups in total. The quantitative estimate of drug-likeness (QED) is 0.279. The van der Waals surface area contributed by atoms with Crippen LogP contribution in [0.3, 0.4) is 0 Å². The van der Waals surface area contributed by atoms with Crippen molar-refractivity contribution in [3.63, 3.8) is 0 Å². The second-order valence-electron chi connectivity index (χ2n) is 7.85. The molecule has 0 unspecified atom stereocenters. The first kappa shape index (κ1) is 20.0. The van der Waals surface area contributed by atoms with Crippen molar-refractivity contribution in [2.75, 3.05) is 6.54 Å². The molecular formula is C19H30N4O3. The van der Waals surface area contributed by atoms with Gasteiger partial charge in [-0.2, -0.15) is 0 Å². The maximum Gasteiger partial charge on any atom is 0.407 e. The summed E-state index contributed by atoms with van der Waals surface area (Å²) in [7, 11) is 0. The normalized spacial score (nSPS) is 17.5. The van der Waals surface area contributed by atoms with Gasteiger partial charge in [-0.15, -0.1) is 0 Å². The summed E-state index contributed by atoms with van der Waals surface area (Å²) >= 11 is 0. The molecule has 0 radical (unpaired) electrons. The van der Waals surface area contributed by atoms with E-state index in [9.17, 15) is 9.59 Å². The molecule has 0 aliphatic heterocycles. The van der Waals surface area contributed by atoms with E-state index in [2.05, 4.69) is 15.7 Å². The van der Waals surface area contributed by atoms with Crippen molar-refractivity contribution >= 4 is 18.1 Å². The number of hydrazine groups is 1. The lowest BCUT2D eigenvalue weighted by Crippen LogP contribution is -2.46. The Kier molecular flexibility index (Phi) is 6.47. The molecule has 0 spiro atoms. The van der Waals surface area contributed by atoms with E-state index in [-0.39, 0.29) is 5.91 Å². The van der Waals surface area contributed by atoms with E-state index in [1.165, 1.54) is 0 Å². The summed E-state index contributed by atoms with van der Waals surface area (Å²) in [5.41, 5.74) is 2.63. The van der Waals surface area contributed by atoms with Crippen LogP contribution in [0.5, 0.6) is 0 Å². The fourth-order valence-corrected chi connectivity index (χ4v) is 3.45. The zero-order chi connectivity index (χ0) is 19.2. The van der Waals surface area contributed by atoms with Crippen LogP contribution in [0.15, 0.2) is 23.9 Å². The number of H-pyrrole nitrogens is 1. The van der Waals surface area contributed by atoms with Gasteiger partial charge in [-0.3, -0.25) is 10.2 Å². The molecule has 0 bridgehead atoms. The minimum atomic E-state index is -0.568. The summed E-state index contributed by atoms with van der Waals surface area (Å²) in [6.45, 7) is 5.80. The molecule has 7 heteroatoms. The number of amides is 2. The molecule has 1 heterocycles. The Morgan fingerprint density at radius 2 is 2.00 bits per heavy atom. The van der Waals surface area contributed by atoms with Crippen LogP contribution in [0.1, 0.15) is 58.6 Å². The smallest absolute Gasteiger partial charge is 0.407 e. The van der Waals surface area contributed by atoms with E-state index in [1.54, 1.807) is 6.20 Å². The average Bonchev–Trinajstić information content (AvgIpc) is 3.10. The zero-order valence-electron chi connectivity index (χ0n) is 15.9. The molecule has 1 aromatic heterocycles. The van der Waals surface area contributed by atoms with Gasteiger partial charge in [-0.05, 0) is 51.8 Å². The number of nitrogens with one attached hydrogen (secondary N) is 3. The number of carbonyl (C=O) groups excluding carboxylic acids is 2. The number of hydrogen-bond donors (Lipinski definition) is 4. The van der Waals surface area contributed by atoms with Crippen LogP contribution < -0.4 is 16.6 Å². The minimum absolute atomic E-state index is 0.326. The third-order valence-corrected chi connectivity index (χ3v) is 4.65. The molecule has 2 rings (SSSR count). The van der Waals surface area contributed by atoms with Gasteiger partial charge in [0.15, 0.2) is 0 Å². The first-order valence-electron chi connectivity index (χ1n) is 9.09. The van der Waals surface area contributed by atoms with Crippen molar-refractivity contribution in [3.05, 3.63) is 29.6 Å². The molecular weight excluding hydrogens is 332 g/mol. The molecule has 7 nitrogen and oxygen atoms in total. The Morgan fingerprint density at radius 3 is 2.54 bits per heavy atom. The number of aromatic amines is 1. The van der Waals surface area contributed by atoms with Gasteiger partial charge in [-0.1, -0.05) is 19.3 Å². The summed E-state index contributed by atoms with van der Waals surface area (Å²) in [6, 6.07) is 3.76. The molecule has 1 aromatic rings. The Bertz CT molecular complexity index is 638. The van der Waals surface area contributed by atoms with Gasteiger partial charge in [-0.25, -0.2) is 10.6 Å². The topological polar surface area (TPSA) is 109 Å². The highest BCUT2D eigenvalue weighted by Gasteiger charge is 2.39. The van der Waals surface area contributed by atoms with E-state index >= 15 is 0 Å². The molecule has 26 heavy (non-hydrogen) atoms. The predicted molar refractivity (Wildman–Crippen MR) is 101 cm³/mol. The van der Waals surface area contributed by atoms with Crippen LogP contribution >= 0.6 is 0 Å². The number of alkyl carbamates (subject to hydrolysis) is 1. The van der Waals surface area contributed by atoms with Crippen molar-refractivity contribution in [2.45, 2.75) is 58.5 Å². The number of nitrogens with two attached hydrogens (primary N) is 1. The number of carbonyl (C=O) groups is 2. The van der Waals surface area contributed by atoms with Gasteiger partial charge in [0.05, 0.1) is 0 Å². The van der Waals surface area contributed by atoms with Gasteiger partial charge in [0.2, 0.25) is 0 Å². The van der Waals surface area contributed by atoms with Gasteiger partial charge in [0.25, 0.3) is 5.91 Å². The molecule has 1 fully saturated rings. The Hall–Kier alpha value is -2.28. The Morgan fingerprint density at radius 1 is 1.31 bits per heavy atom. The lowest BCUT2D eigenvalue weighted by molar-refractivity contribution is -0.118. The molecule has 1 aliphatic rings. The molecule has 1 saturated carbocycles. The minimum Gasteiger partial charge on any atom is -0.444 e. The van der Waals surface area contributed by atoms with Crippen LogP contribution in [-0.2, 0) is 9.53 Å². The summed E-state index contributed by atoms with van der Waals surface area (Å²) in [4.78, 5) is 27.8. The molecule has 0 aromatic carbocycles. The van der Waals surface area contributed by atoms with Crippen molar-refractivity contribution in [1.82, 2.24) is 15.7 Å². The van der Waals surface area contributed by atoms with Crippen LogP contribution in [-0.4, -0.2) is 29.1 Å². The van der Waals surface area contributed by atoms with E-state index < -0.39 is 17.1 Å². The van der Waals surface area contributed by atoms with Crippen LogP contribution in [0, 0.1) is 5.41 Å². The third kappa shape index (κ3) is 5.36. The molecule has 0 saturated heterocycles. The Labute approximate surface area is 154 Å². The standard InChI is InChI=1S/C19H30N4O3/c1-18(2,3)26-17(25)22-13-19(9-5-4-6-10-19)15(16(24)23-20)12-14-8-7-11-21-14/h7-8,11-12,21H,4-6,9-10,13,20H2,1-3H3,(H,22,25)(H,23,24). The maximum absolute atomic E-state index is 12.6. The largest absolute Gasteiger partial charge is 0.444 e. The first-order valence-corrected chi connectivity index (χ1v) is 9.09. The van der Waals surface area contributed by atoms with E-state index in [0.29, 0.717) is 12.1 Å². The van der Waals surface area contributed by atoms with E-state index in [0.717, 1.165) is 37.8 Å². The van der Waals surface area contributed by atoms with E-state index in [4.69, 9.17) is 10.6 Å². The highest BCUT2D eigenvalue weighted by molar-refractivity contribution is 5.98. The first-order chi connectivity index (χ1) is 12.3. The number of rotatable bonds is 5. The van der Waals surface area contributed by atoms with Crippen LogP contribution in [0.4, 0.5) is 4.79 Å². The van der Waals surface area contributed by atoms with Gasteiger partial charge in [0.1, 0.15) is 5.60 Å². The van der Waals surface area contributed by atoms with E-state index in [1.807, 2.05) is 39.0 Å². The highest BCUT2D eigenvalue weighted by Crippen LogP contribution is 2.43. The van der Waals surface area contributed by atoms with Crippen molar-refractivity contribution < 1.29 is 14.3 Å². The zero-order valence-corrected chi connectivity index (χ0v) is 15.9. The van der Waals surface area contributed by atoms with Gasteiger partial charge >= 0.3 is 6.09 Å². The molecule has 0 atom stereocenters. The third-order valence-electron chi connectivity index (χ3n) is 4.65. The monoisotopic (exact) mass is 362 g/mol. The number of ether oxygens (including phenoxy) is 1. The Balaban J connectivity index is 2.27. The molecule has 144 valence electrons. The van der Waals surface area contributed by atoms with Gasteiger partial charge < -0.3 is 15.0 Å². The van der Waals surface area contributed by atoms with Crippen LogP contribution in [0.25, 0.3) is 6.08 Å². The fourth-order valence-electron chi connectivity index (χ4n) is 3.45. The summed E-state index contributed by atoms with van der Waals surface area (Å²) in [6.07, 6.45) is 7.88. The second kappa shape index (κ2) is 8.40. The fraction of sp³-hybridized carbons (Fsp3) is 0.579. The van der Waals surface area contributed by atoms with Gasteiger partial charge in [0, 0.05) is 29.4 Å². The summed E-state index contributed by atoms with van der Waals surface area (Å²) < 4.78 is 5.35. The predicted octanol–water partition coefficient (Wildman–Crippen LogP) is 2.86. The summed E-state index contributed by atoms with van der Waals surface area (Å²) in [5, 5.41) is 2.86. The molecule has 1 aliphatic carbocycles.